The van der Waals surface area contributed by atoms with Gasteiger partial charge >= 0.3 is 0 Å². The van der Waals surface area contributed by atoms with Crippen LogP contribution in [-0.2, 0) is 15.8 Å². The smallest absolute Gasteiger partial charge is 0.210 e. The van der Waals surface area contributed by atoms with E-state index in [4.69, 9.17) is 0 Å². The van der Waals surface area contributed by atoms with Crippen LogP contribution >= 0.6 is 39.0 Å². The number of hydrogen-bond acceptors (Lipinski definition) is 4. The highest BCUT2D eigenvalue weighted by Gasteiger charge is 2.12. The van der Waals surface area contributed by atoms with Crippen LogP contribution in [0.1, 0.15) is 4.88 Å². The molecule has 0 amide bonds. The molecule has 3 nitrogen and oxygen atoms in total. The molecule has 0 unspecified atom stereocenters. The maximum absolute atomic E-state index is 12.8. The number of hydrogen-bond donors (Lipinski definition) is 1. The molecule has 0 spiro atoms. The van der Waals surface area contributed by atoms with Crippen LogP contribution < -0.4 is 4.72 Å². The molecule has 1 aromatic heterocycles. The minimum absolute atomic E-state index is 0.0797. The first-order valence-electron chi connectivity index (χ1n) is 6.04. The van der Waals surface area contributed by atoms with E-state index in [1.54, 1.807) is 23.1 Å². The normalized spacial score (nSPS) is 11.7. The summed E-state index contributed by atoms with van der Waals surface area (Å²) in [6.45, 7) is 0.344. The topological polar surface area (TPSA) is 46.2 Å². The van der Waals surface area contributed by atoms with Crippen LogP contribution in [0.15, 0.2) is 45.1 Å². The van der Waals surface area contributed by atoms with E-state index in [1.807, 2.05) is 12.1 Å². The maximum Gasteiger partial charge on any atom is 0.240 e. The van der Waals surface area contributed by atoms with E-state index in [9.17, 15) is 12.8 Å². The fraction of sp³-hybridized carbons (Fsp3) is 0.231. The van der Waals surface area contributed by atoms with Crippen molar-refractivity contribution in [2.75, 3.05) is 12.3 Å². The van der Waals surface area contributed by atoms with Crippen molar-refractivity contribution >= 4 is 49.1 Å². The van der Waals surface area contributed by atoms with Crippen molar-refractivity contribution in [1.29, 1.82) is 0 Å². The lowest BCUT2D eigenvalue weighted by Gasteiger charge is -2.06. The van der Waals surface area contributed by atoms with Gasteiger partial charge in [-0.1, -0.05) is 0 Å². The quantitative estimate of drug-likeness (QED) is 0.706. The summed E-state index contributed by atoms with van der Waals surface area (Å²) < 4.78 is 40.2. The van der Waals surface area contributed by atoms with Gasteiger partial charge in [-0.2, -0.15) is 11.8 Å². The third-order valence-corrected chi connectivity index (χ3v) is 6.83. The van der Waals surface area contributed by atoms with Crippen molar-refractivity contribution in [2.24, 2.45) is 0 Å². The second-order valence-electron chi connectivity index (χ2n) is 4.11. The van der Waals surface area contributed by atoms with Crippen molar-refractivity contribution in [2.45, 2.75) is 10.6 Å². The number of thiophene rings is 1. The molecule has 2 aromatic rings. The van der Waals surface area contributed by atoms with E-state index in [0.29, 0.717) is 12.3 Å². The molecule has 0 atom stereocenters. The molecule has 1 N–H and O–H groups in total. The Labute approximate surface area is 140 Å². The summed E-state index contributed by atoms with van der Waals surface area (Å²) in [5.41, 5.74) is 0. The third-order valence-electron chi connectivity index (χ3n) is 2.54. The predicted molar refractivity (Wildman–Crippen MR) is 89.8 cm³/mol. The van der Waals surface area contributed by atoms with Crippen LogP contribution in [0, 0.1) is 5.82 Å². The molecule has 0 saturated heterocycles. The Morgan fingerprint density at radius 1 is 1.19 bits per heavy atom. The van der Waals surface area contributed by atoms with Crippen LogP contribution in [-0.4, -0.2) is 20.7 Å². The molecule has 0 bridgehead atoms. The maximum atomic E-state index is 12.8. The molecule has 1 aromatic carbocycles. The monoisotopic (exact) mass is 409 g/mol. The van der Waals surface area contributed by atoms with Gasteiger partial charge in [-0.05, 0) is 52.3 Å². The molecular weight excluding hydrogens is 397 g/mol. The highest BCUT2D eigenvalue weighted by Crippen LogP contribution is 2.25. The summed E-state index contributed by atoms with van der Waals surface area (Å²) in [6.07, 6.45) is 0. The summed E-state index contributed by atoms with van der Waals surface area (Å²) in [5, 5.41) is 0. The van der Waals surface area contributed by atoms with Gasteiger partial charge in [0, 0.05) is 22.9 Å². The average molecular weight is 410 g/mol. The van der Waals surface area contributed by atoms with E-state index in [2.05, 4.69) is 20.7 Å². The Balaban J connectivity index is 1.76. The van der Waals surface area contributed by atoms with E-state index in [1.165, 1.54) is 17.0 Å². The van der Waals surface area contributed by atoms with E-state index >= 15 is 0 Å². The summed E-state index contributed by atoms with van der Waals surface area (Å²) in [7, 11) is -3.55. The number of benzene rings is 1. The fourth-order valence-electron chi connectivity index (χ4n) is 1.55. The summed E-state index contributed by atoms with van der Waals surface area (Å²) in [4.78, 5) is 1.32. The van der Waals surface area contributed by atoms with E-state index < -0.39 is 15.8 Å². The molecular formula is C13H13BrFNO2S3. The first-order valence-corrected chi connectivity index (χ1v) is 10.3. The first kappa shape index (κ1) is 17.0. The molecule has 0 aliphatic rings. The van der Waals surface area contributed by atoms with Gasteiger partial charge in [0.1, 0.15) is 5.82 Å². The number of sulfonamides is 1. The molecule has 0 aliphatic heterocycles. The van der Waals surface area contributed by atoms with Gasteiger partial charge in [-0.25, -0.2) is 17.5 Å². The number of halogens is 2. The van der Waals surface area contributed by atoms with Crippen molar-refractivity contribution in [3.05, 3.63) is 50.9 Å². The molecule has 0 aliphatic carbocycles. The summed E-state index contributed by atoms with van der Waals surface area (Å²) in [5.74, 6) is 1.08. The largest absolute Gasteiger partial charge is 0.240 e. The molecule has 114 valence electrons. The van der Waals surface area contributed by atoms with Crippen LogP contribution in [0.2, 0.25) is 0 Å². The highest BCUT2D eigenvalue weighted by atomic mass is 79.9. The van der Waals surface area contributed by atoms with Gasteiger partial charge in [-0.3, -0.25) is 0 Å². The average Bonchev–Trinajstić information content (AvgIpc) is 2.84. The van der Waals surface area contributed by atoms with Crippen LogP contribution in [0.4, 0.5) is 4.39 Å². The van der Waals surface area contributed by atoms with Crippen molar-refractivity contribution in [3.8, 4) is 0 Å². The zero-order chi connectivity index (χ0) is 15.3. The van der Waals surface area contributed by atoms with Crippen molar-refractivity contribution < 1.29 is 12.8 Å². The van der Waals surface area contributed by atoms with Gasteiger partial charge in [0.15, 0.2) is 0 Å². The highest BCUT2D eigenvalue weighted by molar-refractivity contribution is 9.11. The Bertz CT molecular complexity index is 686. The number of rotatable bonds is 7. The van der Waals surface area contributed by atoms with Crippen molar-refractivity contribution in [3.63, 3.8) is 0 Å². The SMILES string of the molecule is O=S(=O)(NCCSCc1ccc(Br)s1)c1ccc(F)cc1. The summed E-state index contributed by atoms with van der Waals surface area (Å²) in [6, 6.07) is 8.83. The molecule has 8 heteroatoms. The Morgan fingerprint density at radius 3 is 2.52 bits per heavy atom. The second-order valence-corrected chi connectivity index (χ2v) is 9.53. The standard InChI is InChI=1S/C13H13BrFNO2S3/c14-13-6-3-11(20-13)9-19-8-7-16-21(17,18)12-4-1-10(15)2-5-12/h1-6,16H,7-9H2. The number of thioether (sulfide) groups is 1. The van der Waals surface area contributed by atoms with E-state index in [0.717, 1.165) is 21.7 Å². The Morgan fingerprint density at radius 2 is 1.90 bits per heavy atom. The first-order chi connectivity index (χ1) is 9.97. The van der Waals surface area contributed by atoms with Gasteiger partial charge in [0.05, 0.1) is 8.68 Å². The molecule has 0 saturated carbocycles. The van der Waals surface area contributed by atoms with Gasteiger partial charge < -0.3 is 0 Å². The zero-order valence-corrected chi connectivity index (χ0v) is 14.9. The molecule has 0 fully saturated rings. The van der Waals surface area contributed by atoms with Crippen molar-refractivity contribution in [1.82, 2.24) is 4.72 Å². The molecule has 0 radical (unpaired) electrons. The van der Waals surface area contributed by atoms with Gasteiger partial charge in [0.25, 0.3) is 0 Å². The lowest BCUT2D eigenvalue weighted by Crippen LogP contribution is -2.26. The van der Waals surface area contributed by atoms with Gasteiger partial charge in [-0.15, -0.1) is 11.3 Å². The van der Waals surface area contributed by atoms with Crippen LogP contribution in [0.3, 0.4) is 0 Å². The van der Waals surface area contributed by atoms with Crippen LogP contribution in [0.25, 0.3) is 0 Å². The minimum atomic E-state index is -3.55. The van der Waals surface area contributed by atoms with Gasteiger partial charge in [0.2, 0.25) is 10.0 Å². The lowest BCUT2D eigenvalue weighted by atomic mass is 10.4. The number of nitrogens with one attached hydrogen (secondary N) is 1. The summed E-state index contributed by atoms with van der Waals surface area (Å²) >= 11 is 6.73. The fourth-order valence-corrected chi connectivity index (χ4v) is 5.16. The Kier molecular flexibility index (Phi) is 6.24. The molecule has 1 heterocycles. The Hall–Kier alpha value is -0.410. The minimum Gasteiger partial charge on any atom is -0.210 e. The van der Waals surface area contributed by atoms with E-state index in [-0.39, 0.29) is 4.90 Å². The second kappa shape index (κ2) is 7.73. The molecule has 21 heavy (non-hydrogen) atoms. The lowest BCUT2D eigenvalue weighted by molar-refractivity contribution is 0.583. The third kappa shape index (κ3) is 5.37. The zero-order valence-electron chi connectivity index (χ0n) is 10.9. The predicted octanol–water partition coefficient (Wildman–Crippen LogP) is 3.86. The molecule has 2 rings (SSSR count). The van der Waals surface area contributed by atoms with Crippen LogP contribution in [0.5, 0.6) is 0 Å².